The Kier molecular flexibility index (Phi) is 3.29. The number of hydrogen-bond donors (Lipinski definition) is 1. The van der Waals surface area contributed by atoms with Crippen molar-refractivity contribution in [1.82, 2.24) is 0 Å². The van der Waals surface area contributed by atoms with Gasteiger partial charge in [0, 0.05) is 5.56 Å². The summed E-state index contributed by atoms with van der Waals surface area (Å²) in [6.07, 6.45) is 0. The van der Waals surface area contributed by atoms with E-state index >= 15 is 0 Å². The van der Waals surface area contributed by atoms with Gasteiger partial charge in [0.15, 0.2) is 17.5 Å². The molecule has 0 saturated carbocycles. The zero-order valence-electron chi connectivity index (χ0n) is 9.88. The smallest absolute Gasteiger partial charge is 0.335 e. The highest BCUT2D eigenvalue weighted by Crippen LogP contribution is 2.30. The topological polar surface area (TPSA) is 37.3 Å². The van der Waals surface area contributed by atoms with Gasteiger partial charge in [-0.2, -0.15) is 0 Å². The molecule has 0 heterocycles. The van der Waals surface area contributed by atoms with Crippen molar-refractivity contribution in [2.45, 2.75) is 6.92 Å². The monoisotopic (exact) mass is 266 g/mol. The summed E-state index contributed by atoms with van der Waals surface area (Å²) >= 11 is 0. The molecule has 98 valence electrons. The molecule has 1 N–H and O–H groups in total. The lowest BCUT2D eigenvalue weighted by Gasteiger charge is -2.10. The van der Waals surface area contributed by atoms with E-state index in [1.165, 1.54) is 25.1 Å². The van der Waals surface area contributed by atoms with Crippen molar-refractivity contribution in [3.63, 3.8) is 0 Å². The van der Waals surface area contributed by atoms with Crippen LogP contribution in [0.2, 0.25) is 0 Å². The molecule has 0 aliphatic rings. The van der Waals surface area contributed by atoms with E-state index in [0.717, 1.165) is 12.1 Å². The van der Waals surface area contributed by atoms with E-state index in [4.69, 9.17) is 5.11 Å². The molecule has 0 radical (unpaired) electrons. The third kappa shape index (κ3) is 2.19. The first-order chi connectivity index (χ1) is 8.93. The SMILES string of the molecule is Cc1c(C(=O)O)cccc1-c1ccc(F)c(F)c1F. The second kappa shape index (κ2) is 4.76. The second-order valence-corrected chi connectivity index (χ2v) is 4.01. The van der Waals surface area contributed by atoms with Crippen LogP contribution in [0.4, 0.5) is 13.2 Å². The van der Waals surface area contributed by atoms with Gasteiger partial charge in [-0.3, -0.25) is 0 Å². The van der Waals surface area contributed by atoms with Crippen molar-refractivity contribution in [3.8, 4) is 11.1 Å². The minimum Gasteiger partial charge on any atom is -0.478 e. The maximum absolute atomic E-state index is 13.7. The highest BCUT2D eigenvalue weighted by Gasteiger charge is 2.18. The van der Waals surface area contributed by atoms with Crippen LogP contribution in [-0.2, 0) is 0 Å². The number of carbonyl (C=O) groups is 1. The average Bonchev–Trinajstić information content (AvgIpc) is 2.37. The standard InChI is InChI=1S/C14H9F3O2/c1-7-8(3-2-4-9(7)14(18)19)10-5-6-11(15)13(17)12(10)16/h2-6H,1H3,(H,18,19). The van der Waals surface area contributed by atoms with Crippen molar-refractivity contribution in [1.29, 1.82) is 0 Å². The van der Waals surface area contributed by atoms with Gasteiger partial charge in [-0.25, -0.2) is 18.0 Å². The Bertz CT molecular complexity index is 666. The van der Waals surface area contributed by atoms with Gasteiger partial charge in [0.1, 0.15) is 0 Å². The zero-order valence-corrected chi connectivity index (χ0v) is 9.88. The number of benzene rings is 2. The van der Waals surface area contributed by atoms with E-state index in [1.807, 2.05) is 0 Å². The van der Waals surface area contributed by atoms with E-state index in [9.17, 15) is 18.0 Å². The van der Waals surface area contributed by atoms with Gasteiger partial charge < -0.3 is 5.11 Å². The first-order valence-corrected chi connectivity index (χ1v) is 5.40. The van der Waals surface area contributed by atoms with Crippen molar-refractivity contribution in [3.05, 3.63) is 58.9 Å². The number of halogens is 3. The van der Waals surface area contributed by atoms with Crippen molar-refractivity contribution in [2.75, 3.05) is 0 Å². The van der Waals surface area contributed by atoms with Gasteiger partial charge in [-0.15, -0.1) is 0 Å². The van der Waals surface area contributed by atoms with Gasteiger partial charge in [-0.05, 0) is 36.2 Å². The van der Waals surface area contributed by atoms with Gasteiger partial charge in [0.05, 0.1) is 5.56 Å². The molecule has 2 rings (SSSR count). The molecule has 0 unspecified atom stereocenters. The summed E-state index contributed by atoms with van der Waals surface area (Å²) in [7, 11) is 0. The fourth-order valence-electron chi connectivity index (χ4n) is 1.89. The zero-order chi connectivity index (χ0) is 14.2. The lowest BCUT2D eigenvalue weighted by atomic mass is 9.96. The normalized spacial score (nSPS) is 10.5. The van der Waals surface area contributed by atoms with E-state index in [0.29, 0.717) is 5.56 Å². The molecule has 0 spiro atoms. The highest BCUT2D eigenvalue weighted by molar-refractivity contribution is 5.92. The summed E-state index contributed by atoms with van der Waals surface area (Å²) in [4.78, 5) is 11.0. The molecular formula is C14H9F3O2. The molecule has 2 nitrogen and oxygen atoms in total. The third-order valence-corrected chi connectivity index (χ3v) is 2.89. The van der Waals surface area contributed by atoms with Crippen LogP contribution in [-0.4, -0.2) is 11.1 Å². The minimum atomic E-state index is -1.57. The van der Waals surface area contributed by atoms with Crippen LogP contribution in [0.3, 0.4) is 0 Å². The Hall–Kier alpha value is -2.30. The van der Waals surface area contributed by atoms with Crippen LogP contribution in [0, 0.1) is 24.4 Å². The number of hydrogen-bond acceptors (Lipinski definition) is 1. The van der Waals surface area contributed by atoms with Crippen LogP contribution in [0.5, 0.6) is 0 Å². The molecule has 0 aliphatic heterocycles. The number of aromatic carboxylic acids is 1. The Labute approximate surface area is 107 Å². The molecular weight excluding hydrogens is 257 g/mol. The van der Waals surface area contributed by atoms with E-state index in [1.54, 1.807) is 0 Å². The Morgan fingerprint density at radius 1 is 1.00 bits per heavy atom. The summed E-state index contributed by atoms with van der Waals surface area (Å²) in [5, 5.41) is 8.98. The molecule has 2 aromatic rings. The molecule has 0 fully saturated rings. The van der Waals surface area contributed by atoms with Crippen molar-refractivity contribution < 1.29 is 23.1 Å². The van der Waals surface area contributed by atoms with Crippen LogP contribution in [0.25, 0.3) is 11.1 Å². The molecule has 0 atom stereocenters. The van der Waals surface area contributed by atoms with Crippen LogP contribution in [0.15, 0.2) is 30.3 Å². The second-order valence-electron chi connectivity index (χ2n) is 4.01. The summed E-state index contributed by atoms with van der Waals surface area (Å²) < 4.78 is 39.8. The first-order valence-electron chi connectivity index (χ1n) is 5.40. The quantitative estimate of drug-likeness (QED) is 0.840. The van der Waals surface area contributed by atoms with Crippen LogP contribution < -0.4 is 0 Å². The number of carboxylic acid groups (broad SMARTS) is 1. The van der Waals surface area contributed by atoms with Gasteiger partial charge in [-0.1, -0.05) is 12.1 Å². The molecule has 0 aromatic heterocycles. The van der Waals surface area contributed by atoms with Crippen LogP contribution >= 0.6 is 0 Å². The largest absolute Gasteiger partial charge is 0.478 e. The molecule has 0 bridgehead atoms. The average molecular weight is 266 g/mol. The van der Waals surface area contributed by atoms with E-state index in [2.05, 4.69) is 0 Å². The van der Waals surface area contributed by atoms with Crippen molar-refractivity contribution in [2.24, 2.45) is 0 Å². The molecule has 0 saturated heterocycles. The molecule has 0 aliphatic carbocycles. The maximum atomic E-state index is 13.7. The third-order valence-electron chi connectivity index (χ3n) is 2.89. The maximum Gasteiger partial charge on any atom is 0.335 e. The summed E-state index contributed by atoms with van der Waals surface area (Å²) in [5.41, 5.74) is 0.331. The first kappa shape index (κ1) is 13.1. The summed E-state index contributed by atoms with van der Waals surface area (Å²) in [5.74, 6) is -5.35. The Balaban J connectivity index is 2.70. The fourth-order valence-corrected chi connectivity index (χ4v) is 1.89. The van der Waals surface area contributed by atoms with Crippen LogP contribution in [0.1, 0.15) is 15.9 Å². The summed E-state index contributed by atoms with van der Waals surface area (Å²) in [6.45, 7) is 1.49. The molecule has 19 heavy (non-hydrogen) atoms. The van der Waals surface area contributed by atoms with E-state index in [-0.39, 0.29) is 16.7 Å². The number of carboxylic acids is 1. The lowest BCUT2D eigenvalue weighted by Crippen LogP contribution is -2.02. The molecule has 0 amide bonds. The predicted molar refractivity (Wildman–Crippen MR) is 63.4 cm³/mol. The highest BCUT2D eigenvalue weighted by atomic mass is 19.2. The Morgan fingerprint density at radius 2 is 1.68 bits per heavy atom. The Morgan fingerprint density at radius 3 is 2.32 bits per heavy atom. The van der Waals surface area contributed by atoms with Gasteiger partial charge in [0.2, 0.25) is 0 Å². The van der Waals surface area contributed by atoms with Gasteiger partial charge in [0.25, 0.3) is 0 Å². The molecule has 2 aromatic carbocycles. The fraction of sp³-hybridized carbons (Fsp3) is 0.0714. The predicted octanol–water partition coefficient (Wildman–Crippen LogP) is 3.78. The van der Waals surface area contributed by atoms with Gasteiger partial charge >= 0.3 is 5.97 Å². The summed E-state index contributed by atoms with van der Waals surface area (Å²) in [6, 6.07) is 6.13. The lowest BCUT2D eigenvalue weighted by molar-refractivity contribution is 0.0696. The molecule has 5 heteroatoms. The minimum absolute atomic E-state index is 0.0124. The van der Waals surface area contributed by atoms with Crippen molar-refractivity contribution >= 4 is 5.97 Å². The number of rotatable bonds is 2. The van der Waals surface area contributed by atoms with E-state index < -0.39 is 23.4 Å².